The molecule has 1 fully saturated rings. The van der Waals surface area contributed by atoms with Crippen molar-refractivity contribution in [3.8, 4) is 0 Å². The number of aliphatic carboxylic acids is 2. The Bertz CT molecular complexity index is 998. The number of amides is 1. The monoisotopic (exact) mass is 443 g/mol. The van der Waals surface area contributed by atoms with Crippen molar-refractivity contribution in [2.75, 3.05) is 6.61 Å². The molecule has 1 aromatic heterocycles. The molecule has 14 nitrogen and oxygen atoms in total. The number of hydrogen-bond donors (Lipinski definition) is 5. The van der Waals surface area contributed by atoms with Crippen molar-refractivity contribution in [1.29, 1.82) is 0 Å². The standard InChI is InChI=1S/C17H21N3O11/c1-6(21)30-5-10-7(2-11(22)23)8(3-12(24)25)13(31-10)9-4-20(16(28)14(18)26)17(29)19-15(9)27/h4,7-8,10,13,16,28H,2-3,5H2,1H3,(H2,18,26)(H,22,23)(H,24,25)(H,19,27,29)/t7-,8+,10+,13+,16?/m1/s1. The molecule has 0 aromatic carbocycles. The first-order chi connectivity index (χ1) is 14.4. The van der Waals surface area contributed by atoms with E-state index in [1.165, 1.54) is 0 Å². The maximum Gasteiger partial charge on any atom is 0.330 e. The van der Waals surface area contributed by atoms with Gasteiger partial charge in [0.05, 0.1) is 30.6 Å². The summed E-state index contributed by atoms with van der Waals surface area (Å²) in [5, 5.41) is 28.3. The number of aliphatic hydroxyl groups is 1. The minimum absolute atomic E-state index is 0.341. The SMILES string of the molecule is CC(=O)OC[C@@H]1O[C@H](c2cn(C(O)C(N)=O)c(=O)[nH]c2=O)[C@@H](CC(=O)O)[C@H]1CC(=O)O. The summed E-state index contributed by atoms with van der Waals surface area (Å²) in [7, 11) is 0. The van der Waals surface area contributed by atoms with Gasteiger partial charge < -0.3 is 30.5 Å². The van der Waals surface area contributed by atoms with Crippen LogP contribution in [-0.4, -0.2) is 61.4 Å². The van der Waals surface area contributed by atoms with Crippen molar-refractivity contribution in [2.24, 2.45) is 17.6 Å². The van der Waals surface area contributed by atoms with Crippen LogP contribution in [0.3, 0.4) is 0 Å². The van der Waals surface area contributed by atoms with Gasteiger partial charge in [-0.05, 0) is 0 Å². The molecule has 1 amide bonds. The fourth-order valence-electron chi connectivity index (χ4n) is 3.52. The van der Waals surface area contributed by atoms with Crippen molar-refractivity contribution in [1.82, 2.24) is 9.55 Å². The summed E-state index contributed by atoms with van der Waals surface area (Å²) >= 11 is 0. The van der Waals surface area contributed by atoms with E-state index in [1.807, 2.05) is 4.98 Å². The Labute approximate surface area is 173 Å². The molecule has 170 valence electrons. The molecule has 6 N–H and O–H groups in total. The van der Waals surface area contributed by atoms with Crippen LogP contribution < -0.4 is 17.0 Å². The normalized spacial score (nSPS) is 23.8. The van der Waals surface area contributed by atoms with E-state index in [0.29, 0.717) is 4.57 Å². The van der Waals surface area contributed by atoms with Crippen LogP contribution >= 0.6 is 0 Å². The van der Waals surface area contributed by atoms with Gasteiger partial charge in [0.1, 0.15) is 6.61 Å². The first-order valence-electron chi connectivity index (χ1n) is 8.97. The lowest BCUT2D eigenvalue weighted by atomic mass is 9.81. The van der Waals surface area contributed by atoms with Crippen LogP contribution in [0.5, 0.6) is 0 Å². The summed E-state index contributed by atoms with van der Waals surface area (Å²) in [6.45, 7) is 0.709. The van der Waals surface area contributed by atoms with Crippen molar-refractivity contribution in [3.05, 3.63) is 32.6 Å². The molecular weight excluding hydrogens is 422 g/mol. The van der Waals surface area contributed by atoms with Crippen LogP contribution in [-0.2, 0) is 28.7 Å². The highest BCUT2D eigenvalue weighted by Gasteiger charge is 2.48. The van der Waals surface area contributed by atoms with Crippen LogP contribution in [0.1, 0.15) is 37.7 Å². The predicted molar refractivity (Wildman–Crippen MR) is 97.5 cm³/mol. The second-order valence-electron chi connectivity index (χ2n) is 6.95. The number of nitrogens with zero attached hydrogens (tertiary/aromatic N) is 1. The van der Waals surface area contributed by atoms with Crippen LogP contribution in [0.4, 0.5) is 0 Å². The Balaban J connectivity index is 2.56. The number of nitrogens with two attached hydrogens (primary N) is 1. The molecule has 1 unspecified atom stereocenters. The Hall–Kier alpha value is -3.52. The van der Waals surface area contributed by atoms with E-state index < -0.39 is 84.8 Å². The highest BCUT2D eigenvalue weighted by atomic mass is 16.6. The van der Waals surface area contributed by atoms with Crippen molar-refractivity contribution in [3.63, 3.8) is 0 Å². The number of esters is 1. The Morgan fingerprint density at radius 1 is 1.19 bits per heavy atom. The third-order valence-electron chi connectivity index (χ3n) is 4.83. The zero-order valence-electron chi connectivity index (χ0n) is 16.2. The molecule has 1 aliphatic rings. The van der Waals surface area contributed by atoms with E-state index in [0.717, 1.165) is 13.1 Å². The fourth-order valence-corrected chi connectivity index (χ4v) is 3.52. The number of carbonyl (C=O) groups excluding carboxylic acids is 2. The lowest BCUT2D eigenvalue weighted by Gasteiger charge is -2.21. The average molecular weight is 443 g/mol. The molecular formula is C17H21N3O11. The van der Waals surface area contributed by atoms with Gasteiger partial charge in [0.15, 0.2) is 0 Å². The van der Waals surface area contributed by atoms with Gasteiger partial charge in [-0.25, -0.2) is 4.79 Å². The fraction of sp³-hybridized carbons (Fsp3) is 0.529. The second kappa shape index (κ2) is 9.53. The quantitative estimate of drug-likeness (QED) is 0.255. The van der Waals surface area contributed by atoms with Gasteiger partial charge in [-0.1, -0.05) is 0 Å². The summed E-state index contributed by atoms with van der Waals surface area (Å²) in [4.78, 5) is 71.4. The number of aliphatic hydroxyl groups excluding tert-OH is 1. The zero-order valence-corrected chi connectivity index (χ0v) is 16.2. The maximum absolute atomic E-state index is 12.4. The summed E-state index contributed by atoms with van der Waals surface area (Å²) < 4.78 is 11.0. The molecule has 2 rings (SSSR count). The smallest absolute Gasteiger partial charge is 0.330 e. The summed E-state index contributed by atoms with van der Waals surface area (Å²) in [5.74, 6) is -6.63. The number of H-pyrrole nitrogens is 1. The second-order valence-corrected chi connectivity index (χ2v) is 6.95. The number of carbonyl (C=O) groups is 4. The third-order valence-corrected chi connectivity index (χ3v) is 4.83. The highest BCUT2D eigenvalue weighted by Crippen LogP contribution is 2.45. The first-order valence-corrected chi connectivity index (χ1v) is 8.97. The van der Waals surface area contributed by atoms with Gasteiger partial charge in [-0.2, -0.15) is 0 Å². The number of hydrogen-bond acceptors (Lipinski definition) is 9. The zero-order chi connectivity index (χ0) is 23.5. The van der Waals surface area contributed by atoms with Crippen LogP contribution in [0, 0.1) is 11.8 Å². The van der Waals surface area contributed by atoms with Crippen LogP contribution in [0.15, 0.2) is 15.8 Å². The number of aromatic nitrogens is 2. The van der Waals surface area contributed by atoms with E-state index in [9.17, 15) is 44.1 Å². The Morgan fingerprint density at radius 2 is 1.77 bits per heavy atom. The van der Waals surface area contributed by atoms with E-state index in [4.69, 9.17) is 15.2 Å². The Kier molecular flexibility index (Phi) is 7.30. The third kappa shape index (κ3) is 5.55. The largest absolute Gasteiger partial charge is 0.481 e. The molecule has 0 bridgehead atoms. The van der Waals surface area contributed by atoms with Gasteiger partial charge in [0.25, 0.3) is 11.5 Å². The molecule has 1 aliphatic heterocycles. The van der Waals surface area contributed by atoms with Gasteiger partial charge in [0, 0.05) is 25.0 Å². The van der Waals surface area contributed by atoms with E-state index >= 15 is 0 Å². The molecule has 0 saturated carbocycles. The van der Waals surface area contributed by atoms with Crippen molar-refractivity contribution in [2.45, 2.75) is 38.2 Å². The lowest BCUT2D eigenvalue weighted by Crippen LogP contribution is -2.39. The van der Waals surface area contributed by atoms with Gasteiger partial charge in [-0.15, -0.1) is 0 Å². The maximum atomic E-state index is 12.4. The average Bonchev–Trinajstić information content (AvgIpc) is 2.95. The molecule has 31 heavy (non-hydrogen) atoms. The van der Waals surface area contributed by atoms with E-state index in [2.05, 4.69) is 0 Å². The van der Waals surface area contributed by atoms with Crippen molar-refractivity contribution < 1.29 is 44.0 Å². The van der Waals surface area contributed by atoms with Gasteiger partial charge >= 0.3 is 23.6 Å². The number of primary amides is 1. The molecule has 0 aliphatic carbocycles. The summed E-state index contributed by atoms with van der Waals surface area (Å²) in [5.41, 5.74) is 2.47. The molecule has 1 aromatic rings. The number of rotatable bonds is 9. The number of nitrogens with one attached hydrogen (secondary N) is 1. The molecule has 1 saturated heterocycles. The van der Waals surface area contributed by atoms with Crippen LogP contribution in [0.2, 0.25) is 0 Å². The molecule has 2 heterocycles. The van der Waals surface area contributed by atoms with Gasteiger partial charge in [-0.3, -0.25) is 33.5 Å². The van der Waals surface area contributed by atoms with Gasteiger partial charge in [0.2, 0.25) is 6.23 Å². The number of carboxylic acids is 2. The number of carboxylic acid groups (broad SMARTS) is 2. The topological polar surface area (TPSA) is 228 Å². The van der Waals surface area contributed by atoms with E-state index in [-0.39, 0.29) is 5.56 Å². The van der Waals surface area contributed by atoms with Crippen molar-refractivity contribution >= 4 is 23.8 Å². The minimum Gasteiger partial charge on any atom is -0.481 e. The first kappa shape index (κ1) is 23.8. The lowest BCUT2D eigenvalue weighted by molar-refractivity contribution is -0.146. The summed E-state index contributed by atoms with van der Waals surface area (Å²) in [6.07, 6.45) is -4.93. The number of ether oxygens (including phenoxy) is 2. The van der Waals surface area contributed by atoms with Crippen LogP contribution in [0.25, 0.3) is 0 Å². The predicted octanol–water partition coefficient (Wildman–Crippen LogP) is -2.30. The number of aromatic amines is 1. The minimum atomic E-state index is -2.13. The summed E-state index contributed by atoms with van der Waals surface area (Å²) in [6, 6.07) is 0. The molecule has 14 heteroatoms. The van der Waals surface area contributed by atoms with E-state index in [1.54, 1.807) is 0 Å². The highest BCUT2D eigenvalue weighted by molar-refractivity contribution is 5.76. The molecule has 5 atom stereocenters. The molecule has 0 spiro atoms. The Morgan fingerprint density at radius 3 is 2.29 bits per heavy atom. The molecule has 0 radical (unpaired) electrons.